The Kier molecular flexibility index (Phi) is 6.26. The van der Waals surface area contributed by atoms with Gasteiger partial charge in [0.25, 0.3) is 0 Å². The number of aliphatic hydroxyl groups excluding tert-OH is 1. The summed E-state index contributed by atoms with van der Waals surface area (Å²) < 4.78 is 0. The van der Waals surface area contributed by atoms with Crippen molar-refractivity contribution in [2.24, 2.45) is 5.92 Å². The van der Waals surface area contributed by atoms with Gasteiger partial charge in [-0.1, -0.05) is 20.3 Å². The van der Waals surface area contributed by atoms with Crippen LogP contribution in [0.2, 0.25) is 0 Å². The van der Waals surface area contributed by atoms with Gasteiger partial charge in [0.05, 0.1) is 0 Å². The van der Waals surface area contributed by atoms with E-state index in [2.05, 4.69) is 18.7 Å². The summed E-state index contributed by atoms with van der Waals surface area (Å²) in [6, 6.07) is 0.813. The normalized spacial score (nSPS) is 23.6. The largest absolute Gasteiger partial charge is 0.396 e. The van der Waals surface area contributed by atoms with Gasteiger partial charge in [-0.15, -0.1) is 0 Å². The molecule has 0 spiro atoms. The number of piperidine rings is 1. The second-order valence-electron chi connectivity index (χ2n) is 5.13. The molecule has 1 N–H and O–H groups in total. The van der Waals surface area contributed by atoms with Crippen LogP contribution in [-0.4, -0.2) is 35.7 Å². The van der Waals surface area contributed by atoms with Crippen molar-refractivity contribution in [2.45, 2.75) is 58.4 Å². The molecule has 0 aromatic rings. The maximum Gasteiger partial charge on any atom is 0.0431 e. The summed E-state index contributed by atoms with van der Waals surface area (Å²) in [5, 5.41) is 8.73. The second-order valence-corrected chi connectivity index (χ2v) is 5.13. The number of aliphatic hydroxyl groups is 1. The van der Waals surface area contributed by atoms with E-state index in [1.165, 1.54) is 45.2 Å². The topological polar surface area (TPSA) is 23.5 Å². The quantitative estimate of drug-likeness (QED) is 0.686. The van der Waals surface area contributed by atoms with Crippen molar-refractivity contribution in [2.75, 3.05) is 19.7 Å². The van der Waals surface area contributed by atoms with E-state index in [1.807, 2.05) is 0 Å². The van der Waals surface area contributed by atoms with Crippen LogP contribution < -0.4 is 0 Å². The van der Waals surface area contributed by atoms with Crippen LogP contribution in [0.5, 0.6) is 0 Å². The van der Waals surface area contributed by atoms with Crippen molar-refractivity contribution < 1.29 is 5.11 Å². The SMILES string of the molecule is CC(C)C1CCCCN1CCCCCO. The van der Waals surface area contributed by atoms with Crippen LogP contribution >= 0.6 is 0 Å². The number of rotatable bonds is 6. The Morgan fingerprint density at radius 1 is 1.20 bits per heavy atom. The van der Waals surface area contributed by atoms with E-state index < -0.39 is 0 Å². The Morgan fingerprint density at radius 2 is 2.00 bits per heavy atom. The Hall–Kier alpha value is -0.0800. The maximum absolute atomic E-state index is 8.73. The molecule has 0 amide bonds. The molecule has 1 rings (SSSR count). The van der Waals surface area contributed by atoms with E-state index in [4.69, 9.17) is 5.11 Å². The third-order valence-corrected chi connectivity index (χ3v) is 3.54. The molecule has 1 aliphatic rings. The summed E-state index contributed by atoms with van der Waals surface area (Å²) in [6.07, 6.45) is 7.58. The zero-order valence-electron chi connectivity index (χ0n) is 10.4. The average Bonchev–Trinajstić information content (AvgIpc) is 2.25. The van der Waals surface area contributed by atoms with Crippen LogP contribution in [-0.2, 0) is 0 Å². The van der Waals surface area contributed by atoms with Gasteiger partial charge in [-0.05, 0) is 51.1 Å². The standard InChI is InChI=1S/C13H27NO/c1-12(2)13-8-4-6-10-14(13)9-5-3-7-11-15/h12-13,15H,3-11H2,1-2H3. The Labute approximate surface area is 94.7 Å². The molecule has 1 unspecified atom stereocenters. The smallest absolute Gasteiger partial charge is 0.0431 e. The van der Waals surface area contributed by atoms with Crippen LogP contribution in [0.15, 0.2) is 0 Å². The number of nitrogens with zero attached hydrogens (tertiary/aromatic N) is 1. The van der Waals surface area contributed by atoms with Gasteiger partial charge in [0.15, 0.2) is 0 Å². The fraction of sp³-hybridized carbons (Fsp3) is 1.00. The van der Waals surface area contributed by atoms with Crippen molar-refractivity contribution >= 4 is 0 Å². The highest BCUT2D eigenvalue weighted by atomic mass is 16.2. The Morgan fingerprint density at radius 3 is 2.67 bits per heavy atom. The lowest BCUT2D eigenvalue weighted by Crippen LogP contribution is -2.43. The second kappa shape index (κ2) is 7.24. The monoisotopic (exact) mass is 213 g/mol. The Bertz CT molecular complexity index is 159. The molecule has 15 heavy (non-hydrogen) atoms. The summed E-state index contributed by atoms with van der Waals surface area (Å²) in [7, 11) is 0. The van der Waals surface area contributed by atoms with E-state index in [-0.39, 0.29) is 0 Å². The van der Waals surface area contributed by atoms with Gasteiger partial charge < -0.3 is 10.0 Å². The fourth-order valence-electron chi connectivity index (χ4n) is 2.65. The van der Waals surface area contributed by atoms with E-state index in [0.29, 0.717) is 6.61 Å². The van der Waals surface area contributed by atoms with Gasteiger partial charge in [-0.3, -0.25) is 0 Å². The third-order valence-electron chi connectivity index (χ3n) is 3.54. The van der Waals surface area contributed by atoms with E-state index in [9.17, 15) is 0 Å². The van der Waals surface area contributed by atoms with E-state index in [1.54, 1.807) is 0 Å². The van der Waals surface area contributed by atoms with Gasteiger partial charge in [0.2, 0.25) is 0 Å². The predicted octanol–water partition coefficient (Wildman–Crippen LogP) is 2.66. The van der Waals surface area contributed by atoms with Gasteiger partial charge in [0.1, 0.15) is 0 Å². The predicted molar refractivity (Wildman–Crippen MR) is 65.0 cm³/mol. The van der Waals surface area contributed by atoms with Crippen molar-refractivity contribution in [3.05, 3.63) is 0 Å². The van der Waals surface area contributed by atoms with Crippen molar-refractivity contribution in [3.63, 3.8) is 0 Å². The zero-order valence-corrected chi connectivity index (χ0v) is 10.4. The molecular weight excluding hydrogens is 186 g/mol. The highest BCUT2D eigenvalue weighted by Crippen LogP contribution is 2.23. The summed E-state index contributed by atoms with van der Waals surface area (Å²) >= 11 is 0. The molecule has 90 valence electrons. The molecule has 1 aliphatic heterocycles. The Balaban J connectivity index is 2.23. The van der Waals surface area contributed by atoms with Crippen LogP contribution in [0.1, 0.15) is 52.4 Å². The summed E-state index contributed by atoms with van der Waals surface area (Å²) in [6.45, 7) is 7.58. The van der Waals surface area contributed by atoms with Crippen molar-refractivity contribution in [1.82, 2.24) is 4.90 Å². The minimum absolute atomic E-state index is 0.355. The lowest BCUT2D eigenvalue weighted by molar-refractivity contribution is 0.109. The molecule has 1 saturated heterocycles. The molecule has 2 heteroatoms. The first-order valence-electron chi connectivity index (χ1n) is 6.60. The highest BCUT2D eigenvalue weighted by molar-refractivity contribution is 4.79. The van der Waals surface area contributed by atoms with Crippen LogP contribution in [0, 0.1) is 5.92 Å². The molecular formula is C13H27NO. The van der Waals surface area contributed by atoms with E-state index >= 15 is 0 Å². The third kappa shape index (κ3) is 4.52. The molecule has 0 aliphatic carbocycles. The first-order valence-corrected chi connectivity index (χ1v) is 6.60. The lowest BCUT2D eigenvalue weighted by atomic mass is 9.92. The van der Waals surface area contributed by atoms with E-state index in [0.717, 1.165) is 18.4 Å². The minimum atomic E-state index is 0.355. The molecule has 0 saturated carbocycles. The fourth-order valence-corrected chi connectivity index (χ4v) is 2.65. The number of likely N-dealkylation sites (tertiary alicyclic amines) is 1. The average molecular weight is 213 g/mol. The van der Waals surface area contributed by atoms with Crippen molar-refractivity contribution in [1.29, 1.82) is 0 Å². The molecule has 0 radical (unpaired) electrons. The van der Waals surface area contributed by atoms with Crippen LogP contribution in [0.3, 0.4) is 0 Å². The van der Waals surface area contributed by atoms with Gasteiger partial charge in [-0.25, -0.2) is 0 Å². The highest BCUT2D eigenvalue weighted by Gasteiger charge is 2.23. The molecule has 1 fully saturated rings. The molecule has 0 bridgehead atoms. The molecule has 0 aromatic carbocycles. The van der Waals surface area contributed by atoms with Gasteiger partial charge >= 0.3 is 0 Å². The first kappa shape index (κ1) is 13.0. The first-order chi connectivity index (χ1) is 7.25. The number of unbranched alkanes of at least 4 members (excludes halogenated alkanes) is 2. The minimum Gasteiger partial charge on any atom is -0.396 e. The van der Waals surface area contributed by atoms with Gasteiger partial charge in [-0.2, -0.15) is 0 Å². The molecule has 0 aromatic heterocycles. The molecule has 1 atom stereocenters. The summed E-state index contributed by atoms with van der Waals surface area (Å²) in [5.41, 5.74) is 0. The summed E-state index contributed by atoms with van der Waals surface area (Å²) in [4.78, 5) is 2.67. The maximum atomic E-state index is 8.73. The number of hydrogen-bond donors (Lipinski definition) is 1. The van der Waals surface area contributed by atoms with Crippen LogP contribution in [0.25, 0.3) is 0 Å². The molecule has 2 nitrogen and oxygen atoms in total. The molecule has 1 heterocycles. The zero-order chi connectivity index (χ0) is 11.1. The van der Waals surface area contributed by atoms with Gasteiger partial charge in [0, 0.05) is 12.6 Å². The van der Waals surface area contributed by atoms with Crippen LogP contribution in [0.4, 0.5) is 0 Å². The number of hydrogen-bond acceptors (Lipinski definition) is 2. The summed E-state index contributed by atoms with van der Waals surface area (Å²) in [5.74, 6) is 0.795. The van der Waals surface area contributed by atoms with Crippen molar-refractivity contribution in [3.8, 4) is 0 Å². The lowest BCUT2D eigenvalue weighted by Gasteiger charge is -2.38.